The summed E-state index contributed by atoms with van der Waals surface area (Å²) < 4.78 is 6.13. The van der Waals surface area contributed by atoms with Crippen molar-refractivity contribution in [1.29, 1.82) is 5.26 Å². The number of hydrogen-bond donors (Lipinski definition) is 0. The first-order valence-electron chi connectivity index (χ1n) is 4.87. The lowest BCUT2D eigenvalue weighted by atomic mass is 10.2. The monoisotopic (exact) mass is 231 g/mol. The maximum absolute atomic E-state index is 11.1. The zero-order valence-electron chi connectivity index (χ0n) is 8.69. The van der Waals surface area contributed by atoms with Gasteiger partial charge in [-0.3, -0.25) is 4.79 Å². The number of rotatable bonds is 2. The highest BCUT2D eigenvalue weighted by molar-refractivity contribution is 7.20. The van der Waals surface area contributed by atoms with Crippen molar-refractivity contribution in [1.82, 2.24) is 0 Å². The van der Waals surface area contributed by atoms with E-state index < -0.39 is 0 Å². The van der Waals surface area contributed by atoms with Gasteiger partial charge >= 0.3 is 5.97 Å². The van der Waals surface area contributed by atoms with Crippen LogP contribution in [0, 0.1) is 11.3 Å². The van der Waals surface area contributed by atoms with Crippen LogP contribution >= 0.6 is 11.3 Å². The van der Waals surface area contributed by atoms with Crippen molar-refractivity contribution < 1.29 is 9.53 Å². The first kappa shape index (κ1) is 10.7. The first-order chi connectivity index (χ1) is 7.72. The average molecular weight is 231 g/mol. The quantitative estimate of drug-likeness (QED) is 0.746. The zero-order chi connectivity index (χ0) is 11.5. The molecule has 16 heavy (non-hydrogen) atoms. The molecule has 2 aromatic rings. The van der Waals surface area contributed by atoms with Gasteiger partial charge in [-0.2, -0.15) is 5.26 Å². The second-order valence-electron chi connectivity index (χ2n) is 3.26. The standard InChI is InChI=1S/C12H9NO2S/c1-2-11(14)15-12-6-9-5-8(7-13)3-4-10(9)16-12/h3-6H,2H2,1H3. The fraction of sp³-hybridized carbons (Fsp3) is 0.167. The van der Waals surface area contributed by atoms with Gasteiger partial charge in [-0.15, -0.1) is 0 Å². The molecule has 1 heterocycles. The number of hydrogen-bond acceptors (Lipinski definition) is 4. The van der Waals surface area contributed by atoms with Crippen LogP contribution in [0.3, 0.4) is 0 Å². The van der Waals surface area contributed by atoms with E-state index in [0.29, 0.717) is 17.0 Å². The molecule has 0 saturated carbocycles. The highest BCUT2D eigenvalue weighted by atomic mass is 32.1. The van der Waals surface area contributed by atoms with Crippen molar-refractivity contribution in [3.63, 3.8) is 0 Å². The molecule has 0 fully saturated rings. The third kappa shape index (κ3) is 2.05. The molecule has 0 unspecified atom stereocenters. The molecule has 0 aliphatic rings. The third-order valence-corrected chi connectivity index (χ3v) is 3.12. The summed E-state index contributed by atoms with van der Waals surface area (Å²) in [5, 5.41) is 10.3. The van der Waals surface area contributed by atoms with Crippen molar-refractivity contribution in [3.05, 3.63) is 29.8 Å². The van der Waals surface area contributed by atoms with Gasteiger partial charge in [0.1, 0.15) is 0 Å². The molecule has 3 nitrogen and oxygen atoms in total. The maximum atomic E-state index is 11.1. The molecule has 1 aromatic carbocycles. The van der Waals surface area contributed by atoms with Gasteiger partial charge in [0, 0.05) is 17.2 Å². The minimum absolute atomic E-state index is 0.243. The molecule has 0 aliphatic carbocycles. The number of nitriles is 1. The van der Waals surface area contributed by atoms with Crippen molar-refractivity contribution in [2.75, 3.05) is 0 Å². The summed E-state index contributed by atoms with van der Waals surface area (Å²) in [5.41, 5.74) is 0.610. The van der Waals surface area contributed by atoms with E-state index in [2.05, 4.69) is 6.07 Å². The Labute approximate surface area is 96.9 Å². The summed E-state index contributed by atoms with van der Waals surface area (Å²) in [7, 11) is 0. The Bertz CT molecular complexity index is 580. The molecule has 0 N–H and O–H groups in total. The molecule has 0 spiro atoms. The van der Waals surface area contributed by atoms with E-state index in [4.69, 9.17) is 10.00 Å². The Morgan fingerprint density at radius 3 is 3.00 bits per heavy atom. The fourth-order valence-corrected chi connectivity index (χ4v) is 2.23. The second-order valence-corrected chi connectivity index (χ2v) is 4.30. The summed E-state index contributed by atoms with van der Waals surface area (Å²) in [6, 6.07) is 9.27. The van der Waals surface area contributed by atoms with E-state index in [1.165, 1.54) is 11.3 Å². The van der Waals surface area contributed by atoms with E-state index >= 15 is 0 Å². The van der Waals surface area contributed by atoms with E-state index in [9.17, 15) is 4.79 Å². The van der Waals surface area contributed by atoms with Crippen LogP contribution in [0.4, 0.5) is 0 Å². The Kier molecular flexibility index (Phi) is 2.88. The summed E-state index contributed by atoms with van der Waals surface area (Å²) >= 11 is 1.41. The number of carbonyl (C=O) groups excluding carboxylic acids is 1. The topological polar surface area (TPSA) is 50.1 Å². The molecule has 0 radical (unpaired) electrons. The average Bonchev–Trinajstić information content (AvgIpc) is 2.69. The third-order valence-electron chi connectivity index (χ3n) is 2.13. The Balaban J connectivity index is 2.37. The number of esters is 1. The first-order valence-corrected chi connectivity index (χ1v) is 5.69. The lowest BCUT2D eigenvalue weighted by Crippen LogP contribution is -2.03. The van der Waals surface area contributed by atoms with Gasteiger partial charge in [0.05, 0.1) is 11.6 Å². The van der Waals surface area contributed by atoms with Gasteiger partial charge in [-0.05, 0) is 23.6 Å². The van der Waals surface area contributed by atoms with Gasteiger partial charge in [-0.1, -0.05) is 18.3 Å². The minimum Gasteiger partial charge on any atom is -0.415 e. The molecular formula is C12H9NO2S. The maximum Gasteiger partial charge on any atom is 0.311 e. The number of benzene rings is 1. The summed E-state index contributed by atoms with van der Waals surface area (Å²) in [4.78, 5) is 11.1. The van der Waals surface area contributed by atoms with Crippen molar-refractivity contribution in [2.24, 2.45) is 0 Å². The summed E-state index contributed by atoms with van der Waals surface area (Å²) in [6.45, 7) is 1.75. The van der Waals surface area contributed by atoms with Crippen LogP contribution in [0.15, 0.2) is 24.3 Å². The SMILES string of the molecule is CCC(=O)Oc1cc2cc(C#N)ccc2s1. The summed E-state index contributed by atoms with van der Waals surface area (Å²) in [5.74, 6) is -0.243. The molecule has 0 saturated heterocycles. The number of ether oxygens (including phenoxy) is 1. The lowest BCUT2D eigenvalue weighted by molar-refractivity contribution is -0.133. The Hall–Kier alpha value is -1.86. The van der Waals surface area contributed by atoms with E-state index in [1.54, 1.807) is 25.1 Å². The highest BCUT2D eigenvalue weighted by Crippen LogP contribution is 2.32. The van der Waals surface area contributed by atoms with Crippen LogP contribution in [0.5, 0.6) is 5.06 Å². The van der Waals surface area contributed by atoms with Gasteiger partial charge in [0.15, 0.2) is 5.06 Å². The smallest absolute Gasteiger partial charge is 0.311 e. The summed E-state index contributed by atoms with van der Waals surface area (Å²) in [6.07, 6.45) is 0.359. The minimum atomic E-state index is -0.243. The van der Waals surface area contributed by atoms with E-state index in [1.807, 2.05) is 6.07 Å². The lowest BCUT2D eigenvalue weighted by Gasteiger charge is -1.95. The van der Waals surface area contributed by atoms with Gasteiger partial charge in [-0.25, -0.2) is 0 Å². The second kappa shape index (κ2) is 4.33. The van der Waals surface area contributed by atoms with E-state index in [-0.39, 0.29) is 5.97 Å². The molecule has 2 rings (SSSR count). The molecule has 4 heteroatoms. The van der Waals surface area contributed by atoms with Crippen LogP contribution < -0.4 is 4.74 Å². The number of nitrogens with zero attached hydrogens (tertiary/aromatic N) is 1. The zero-order valence-corrected chi connectivity index (χ0v) is 9.50. The number of thiophene rings is 1. The van der Waals surface area contributed by atoms with Gasteiger partial charge in [0.2, 0.25) is 0 Å². The predicted octanol–water partition coefficient (Wildman–Crippen LogP) is 3.09. The van der Waals surface area contributed by atoms with Gasteiger partial charge in [0.25, 0.3) is 0 Å². The van der Waals surface area contributed by atoms with Gasteiger partial charge < -0.3 is 4.74 Å². The highest BCUT2D eigenvalue weighted by Gasteiger charge is 2.07. The number of fused-ring (bicyclic) bond motifs is 1. The molecular weight excluding hydrogens is 222 g/mol. The van der Waals surface area contributed by atoms with Crippen LogP contribution in [0.1, 0.15) is 18.9 Å². The molecule has 0 amide bonds. The molecule has 0 aliphatic heterocycles. The van der Waals surface area contributed by atoms with Crippen molar-refractivity contribution >= 4 is 27.4 Å². The molecule has 1 aromatic heterocycles. The van der Waals surface area contributed by atoms with Crippen LogP contribution in [-0.2, 0) is 4.79 Å². The normalized spacial score (nSPS) is 10.0. The predicted molar refractivity (Wildman–Crippen MR) is 62.5 cm³/mol. The molecule has 0 bridgehead atoms. The van der Waals surface area contributed by atoms with E-state index in [0.717, 1.165) is 10.1 Å². The van der Waals surface area contributed by atoms with Crippen molar-refractivity contribution in [2.45, 2.75) is 13.3 Å². The van der Waals surface area contributed by atoms with Crippen LogP contribution in [0.25, 0.3) is 10.1 Å². The van der Waals surface area contributed by atoms with Crippen molar-refractivity contribution in [3.8, 4) is 11.1 Å². The fourth-order valence-electron chi connectivity index (χ4n) is 1.32. The number of carbonyl (C=O) groups is 1. The molecule has 80 valence electrons. The Morgan fingerprint density at radius 2 is 2.31 bits per heavy atom. The van der Waals surface area contributed by atoms with Crippen LogP contribution in [0.2, 0.25) is 0 Å². The molecule has 0 atom stereocenters. The Morgan fingerprint density at radius 1 is 1.50 bits per heavy atom. The largest absolute Gasteiger partial charge is 0.415 e. The van der Waals surface area contributed by atoms with Crippen LogP contribution in [-0.4, -0.2) is 5.97 Å².